The van der Waals surface area contributed by atoms with Crippen LogP contribution in [0.4, 0.5) is 0 Å². The molecule has 0 amide bonds. The van der Waals surface area contributed by atoms with Crippen LogP contribution >= 0.6 is 15.6 Å². The van der Waals surface area contributed by atoms with E-state index < -0.39 is 97.5 Å². The smallest absolute Gasteiger partial charge is 0.462 e. The third-order valence-electron chi connectivity index (χ3n) is 16.0. The molecular formula is C71H134O17P2. The van der Waals surface area contributed by atoms with Crippen molar-refractivity contribution in [1.82, 2.24) is 0 Å². The van der Waals surface area contributed by atoms with Gasteiger partial charge in [0.2, 0.25) is 0 Å². The van der Waals surface area contributed by atoms with Gasteiger partial charge in [0, 0.05) is 25.7 Å². The molecule has 0 bridgehead atoms. The van der Waals surface area contributed by atoms with Crippen LogP contribution in [-0.4, -0.2) is 96.7 Å². The van der Waals surface area contributed by atoms with Gasteiger partial charge in [0.05, 0.1) is 26.4 Å². The number of esters is 4. The molecule has 0 aromatic carbocycles. The molecule has 0 saturated carbocycles. The molecule has 19 heteroatoms. The highest BCUT2D eigenvalue weighted by Gasteiger charge is 2.30. The summed E-state index contributed by atoms with van der Waals surface area (Å²) in [7, 11) is -9.90. The van der Waals surface area contributed by atoms with Crippen molar-refractivity contribution >= 4 is 39.5 Å². The summed E-state index contributed by atoms with van der Waals surface area (Å²) in [6.45, 7) is 4.82. The van der Waals surface area contributed by atoms with Crippen molar-refractivity contribution in [3.63, 3.8) is 0 Å². The molecule has 90 heavy (non-hydrogen) atoms. The Kier molecular flexibility index (Phi) is 63.4. The molecule has 0 aliphatic rings. The number of phosphoric acid groups is 2. The second-order valence-electron chi connectivity index (χ2n) is 24.9. The minimum Gasteiger partial charge on any atom is -0.462 e. The Morgan fingerprint density at radius 1 is 0.311 bits per heavy atom. The third kappa shape index (κ3) is 64.3. The summed E-state index contributed by atoms with van der Waals surface area (Å²) in [4.78, 5) is 72.3. The molecule has 0 aromatic rings. The predicted octanol–water partition coefficient (Wildman–Crippen LogP) is 20.2. The molecular weight excluding hydrogens is 1190 g/mol. The monoisotopic (exact) mass is 1320 g/mol. The largest absolute Gasteiger partial charge is 0.472 e. The molecule has 530 valence electrons. The lowest BCUT2D eigenvalue weighted by molar-refractivity contribution is -0.161. The van der Waals surface area contributed by atoms with Gasteiger partial charge >= 0.3 is 39.5 Å². The number of aliphatic hydroxyl groups excluding tert-OH is 1. The van der Waals surface area contributed by atoms with Crippen molar-refractivity contribution in [3.8, 4) is 0 Å². The zero-order chi connectivity index (χ0) is 66.1. The Bertz CT molecular complexity index is 1820. The number of hydrogen-bond donors (Lipinski definition) is 3. The number of allylic oxidation sites excluding steroid dienone is 4. The van der Waals surface area contributed by atoms with E-state index in [-0.39, 0.29) is 25.7 Å². The van der Waals surface area contributed by atoms with Crippen molar-refractivity contribution < 1.29 is 80.2 Å². The maximum atomic E-state index is 13.0. The van der Waals surface area contributed by atoms with Gasteiger partial charge in [-0.25, -0.2) is 9.13 Å². The molecule has 0 saturated heterocycles. The number of ether oxygens (including phenoxy) is 4. The van der Waals surface area contributed by atoms with Gasteiger partial charge in [-0.05, 0) is 51.4 Å². The number of phosphoric ester groups is 2. The number of carbonyl (C=O) groups excluding carboxylic acids is 4. The average molecular weight is 1320 g/mol. The number of hydrogen-bond acceptors (Lipinski definition) is 15. The molecule has 3 N–H and O–H groups in total. The van der Waals surface area contributed by atoms with Gasteiger partial charge in [-0.2, -0.15) is 0 Å². The van der Waals surface area contributed by atoms with Gasteiger partial charge in [-0.1, -0.05) is 296 Å². The Labute approximate surface area is 548 Å². The lowest BCUT2D eigenvalue weighted by atomic mass is 10.0. The molecule has 0 aromatic heterocycles. The van der Waals surface area contributed by atoms with Crippen LogP contribution in [-0.2, 0) is 65.4 Å². The molecule has 0 rings (SSSR count). The fraction of sp³-hybridized carbons (Fsp3) is 0.887. The molecule has 17 nitrogen and oxygen atoms in total. The maximum absolute atomic E-state index is 13.0. The first-order chi connectivity index (χ1) is 43.7. The summed E-state index contributed by atoms with van der Waals surface area (Å²) < 4.78 is 68.1. The van der Waals surface area contributed by atoms with Gasteiger partial charge in [0.1, 0.15) is 19.3 Å². The fourth-order valence-electron chi connectivity index (χ4n) is 10.3. The highest BCUT2D eigenvalue weighted by Crippen LogP contribution is 2.45. The van der Waals surface area contributed by atoms with E-state index >= 15 is 0 Å². The van der Waals surface area contributed by atoms with Gasteiger partial charge in [-0.15, -0.1) is 0 Å². The highest BCUT2D eigenvalue weighted by atomic mass is 31.2. The summed E-state index contributed by atoms with van der Waals surface area (Å²) in [6.07, 6.45) is 56.5. The topological polar surface area (TPSA) is 237 Å². The standard InChI is InChI=1S/C71H134O17P2/c1-5-9-13-17-21-24-26-28-30-31-32-33-35-37-39-42-46-50-54-58-71(76)88-67(62-82-69(74)56-52-48-44-41-38-36-34-29-27-25-22-18-14-10-6-2)64-86-90(79,80)84-60-65(72)59-83-89(77,78)85-63-66(61-81-68(73)55-51-47-43-20-16-12-8-4)87-70(75)57-53-49-45-40-23-19-15-11-7-3/h25,27,29,34,65-67,72H,5-24,26,28,30-33,35-64H2,1-4H3,(H,77,78)(H,79,80)/b27-25-,34-29-/t65-,66+,67+/m0/s1. The van der Waals surface area contributed by atoms with Crippen LogP contribution in [0.1, 0.15) is 349 Å². The van der Waals surface area contributed by atoms with E-state index in [1.54, 1.807) is 0 Å². The van der Waals surface area contributed by atoms with Crippen LogP contribution in [0.5, 0.6) is 0 Å². The van der Waals surface area contributed by atoms with E-state index in [2.05, 4.69) is 52.0 Å². The van der Waals surface area contributed by atoms with Crippen molar-refractivity contribution in [2.24, 2.45) is 0 Å². The maximum Gasteiger partial charge on any atom is 0.472 e. The summed E-state index contributed by atoms with van der Waals surface area (Å²) in [5.74, 6) is -2.16. The first-order valence-corrected chi connectivity index (χ1v) is 39.6. The average Bonchev–Trinajstić information content (AvgIpc) is 3.71. The van der Waals surface area contributed by atoms with E-state index in [0.29, 0.717) is 25.7 Å². The van der Waals surface area contributed by atoms with Crippen molar-refractivity contribution in [2.75, 3.05) is 39.6 Å². The van der Waals surface area contributed by atoms with E-state index in [9.17, 15) is 43.2 Å². The molecule has 0 heterocycles. The van der Waals surface area contributed by atoms with Crippen molar-refractivity contribution in [2.45, 2.75) is 367 Å². The Balaban J connectivity index is 5.20. The molecule has 2 unspecified atom stereocenters. The van der Waals surface area contributed by atoms with Crippen LogP contribution in [0.15, 0.2) is 24.3 Å². The van der Waals surface area contributed by atoms with Crippen LogP contribution in [0, 0.1) is 0 Å². The highest BCUT2D eigenvalue weighted by molar-refractivity contribution is 7.47. The van der Waals surface area contributed by atoms with Crippen molar-refractivity contribution in [1.29, 1.82) is 0 Å². The summed E-state index contributed by atoms with van der Waals surface area (Å²) in [5.41, 5.74) is 0. The molecule has 5 atom stereocenters. The minimum absolute atomic E-state index is 0.102. The van der Waals surface area contributed by atoms with Crippen LogP contribution in [0.3, 0.4) is 0 Å². The van der Waals surface area contributed by atoms with E-state index in [1.165, 1.54) is 148 Å². The SMILES string of the molecule is CCCCCC/C=C\C=C/CCCCCCCC(=O)OC[C@H](COP(=O)(O)OC[C@@H](O)COP(=O)(O)OC[C@@H](COC(=O)CCCCCCCCC)OC(=O)CCCCCCCCCCC)OC(=O)CCCCCCCCCCCCCCCCCCCCC. The van der Waals surface area contributed by atoms with E-state index in [0.717, 1.165) is 122 Å². The van der Waals surface area contributed by atoms with E-state index in [4.69, 9.17) is 37.0 Å². The number of rotatable bonds is 70. The summed E-state index contributed by atoms with van der Waals surface area (Å²) in [6, 6.07) is 0. The third-order valence-corrected chi connectivity index (χ3v) is 17.9. The summed E-state index contributed by atoms with van der Waals surface area (Å²) >= 11 is 0. The van der Waals surface area contributed by atoms with Gasteiger partial charge < -0.3 is 33.8 Å². The zero-order valence-corrected chi connectivity index (χ0v) is 59.4. The zero-order valence-electron chi connectivity index (χ0n) is 57.6. The lowest BCUT2D eigenvalue weighted by Gasteiger charge is -2.21. The number of aliphatic hydroxyl groups is 1. The van der Waals surface area contributed by atoms with Crippen LogP contribution < -0.4 is 0 Å². The molecule has 0 radical (unpaired) electrons. The van der Waals surface area contributed by atoms with Crippen molar-refractivity contribution in [3.05, 3.63) is 24.3 Å². The molecule has 0 aliphatic heterocycles. The van der Waals surface area contributed by atoms with Gasteiger partial charge in [-0.3, -0.25) is 37.3 Å². The summed E-state index contributed by atoms with van der Waals surface area (Å²) in [5, 5.41) is 10.6. The quantitative estimate of drug-likeness (QED) is 0.0169. The Morgan fingerprint density at radius 3 is 0.811 bits per heavy atom. The van der Waals surface area contributed by atoms with Gasteiger partial charge in [0.25, 0.3) is 0 Å². The Morgan fingerprint density at radius 2 is 0.533 bits per heavy atom. The molecule has 0 spiro atoms. The number of carbonyl (C=O) groups is 4. The minimum atomic E-state index is -4.96. The van der Waals surface area contributed by atoms with Crippen LogP contribution in [0.2, 0.25) is 0 Å². The number of unbranched alkanes of at least 4 members (excludes halogenated alkanes) is 41. The lowest BCUT2D eigenvalue weighted by Crippen LogP contribution is -2.30. The predicted molar refractivity (Wildman–Crippen MR) is 363 cm³/mol. The fourth-order valence-corrected chi connectivity index (χ4v) is 11.9. The normalized spacial score (nSPS) is 14.2. The Hall–Kier alpha value is -2.46. The van der Waals surface area contributed by atoms with E-state index in [1.807, 2.05) is 0 Å². The molecule has 0 aliphatic carbocycles. The first-order valence-electron chi connectivity index (χ1n) is 36.6. The second-order valence-corrected chi connectivity index (χ2v) is 27.8. The molecule has 0 fully saturated rings. The second kappa shape index (κ2) is 65.2. The van der Waals surface area contributed by atoms with Crippen LogP contribution in [0.25, 0.3) is 0 Å². The first kappa shape index (κ1) is 87.5. The van der Waals surface area contributed by atoms with Gasteiger partial charge in [0.15, 0.2) is 12.2 Å².